The van der Waals surface area contributed by atoms with Crippen LogP contribution in [0.15, 0.2) is 43.0 Å². The maximum absolute atomic E-state index is 12.6. The van der Waals surface area contributed by atoms with Gasteiger partial charge in [0.15, 0.2) is 17.7 Å². The molecule has 0 radical (unpaired) electrons. The molecule has 0 spiro atoms. The first-order valence-electron chi connectivity index (χ1n) is 10.1. The van der Waals surface area contributed by atoms with E-state index in [1.54, 1.807) is 0 Å². The summed E-state index contributed by atoms with van der Waals surface area (Å²) in [6, 6.07) is 7.31. The van der Waals surface area contributed by atoms with Gasteiger partial charge in [0.1, 0.15) is 30.2 Å². The Bertz CT molecular complexity index is 1050. The molecule has 1 aliphatic rings. The predicted octanol–water partition coefficient (Wildman–Crippen LogP) is -1.74. The maximum Gasteiger partial charge on any atom is 0.237 e. The third-order valence-corrected chi connectivity index (χ3v) is 5.38. The Labute approximate surface area is 182 Å². The Balaban J connectivity index is 1.43. The fraction of sp³-hybridized carbons (Fsp3) is 0.400. The molecule has 2 aromatic heterocycles. The summed E-state index contributed by atoms with van der Waals surface area (Å²) in [6.45, 7) is -0.510. The first kappa shape index (κ1) is 22.0. The van der Waals surface area contributed by atoms with Crippen LogP contribution < -0.4 is 16.4 Å². The number of hydrogen-bond donors (Lipinski definition) is 7. The van der Waals surface area contributed by atoms with Gasteiger partial charge in [-0.15, -0.1) is 0 Å². The van der Waals surface area contributed by atoms with E-state index >= 15 is 0 Å². The SMILES string of the molecule is N[C@H](Cc1ccccc1)C(=O)NC1[C@H](CO)O[C@H](Nc2ncnc3nc[nH]c23)[C@@H](O)[C@@H]1O. The number of hydrogen-bond acceptors (Lipinski definition) is 10. The van der Waals surface area contributed by atoms with Crippen LogP contribution in [0.5, 0.6) is 0 Å². The van der Waals surface area contributed by atoms with Crippen molar-refractivity contribution in [1.82, 2.24) is 25.3 Å². The molecule has 1 aliphatic heterocycles. The summed E-state index contributed by atoms with van der Waals surface area (Å²) in [6.07, 6.45) is -1.98. The molecule has 6 atom stereocenters. The lowest BCUT2D eigenvalue weighted by Gasteiger charge is -2.43. The first-order chi connectivity index (χ1) is 15.5. The highest BCUT2D eigenvalue weighted by molar-refractivity contribution is 5.83. The minimum absolute atomic E-state index is 0.292. The largest absolute Gasteiger partial charge is 0.394 e. The van der Waals surface area contributed by atoms with E-state index in [0.717, 1.165) is 5.56 Å². The van der Waals surface area contributed by atoms with Crippen LogP contribution >= 0.6 is 0 Å². The van der Waals surface area contributed by atoms with E-state index in [0.29, 0.717) is 23.4 Å². The summed E-state index contributed by atoms with van der Waals surface area (Å²) < 4.78 is 5.74. The van der Waals surface area contributed by atoms with Crippen molar-refractivity contribution in [3.05, 3.63) is 48.5 Å². The molecule has 0 aliphatic carbocycles. The zero-order valence-corrected chi connectivity index (χ0v) is 17.0. The number of aliphatic hydroxyl groups is 3. The first-order valence-corrected chi connectivity index (χ1v) is 10.1. The Kier molecular flexibility index (Phi) is 6.58. The number of carbonyl (C=O) groups is 1. The Morgan fingerprint density at radius 2 is 1.97 bits per heavy atom. The standard InChI is InChI=1S/C20H25N7O5/c21-11(6-10-4-2-1-3-5-10)19(31)26-13-12(7-28)32-20(16(30)15(13)29)27-18-14-17(23-8-22-14)24-9-25-18/h1-5,8-9,11-13,15-16,20,28-30H,6-7,21H2,(H,26,31)(H2,22,23,24,25,27)/t11-,12+,13?,15-,16+,20+/m1/s1. The zero-order chi connectivity index (χ0) is 22.7. The number of H-pyrrole nitrogens is 1. The van der Waals surface area contributed by atoms with Crippen LogP contribution in [0.4, 0.5) is 5.82 Å². The van der Waals surface area contributed by atoms with Gasteiger partial charge >= 0.3 is 0 Å². The molecule has 1 unspecified atom stereocenters. The lowest BCUT2D eigenvalue weighted by atomic mass is 9.94. The Morgan fingerprint density at radius 3 is 2.72 bits per heavy atom. The molecule has 8 N–H and O–H groups in total. The molecule has 3 aromatic rings. The van der Waals surface area contributed by atoms with E-state index in [1.807, 2.05) is 30.3 Å². The van der Waals surface area contributed by atoms with Crippen molar-refractivity contribution in [1.29, 1.82) is 0 Å². The minimum atomic E-state index is -1.44. The van der Waals surface area contributed by atoms with Crippen LogP contribution in [0.25, 0.3) is 11.2 Å². The van der Waals surface area contributed by atoms with Crippen LogP contribution in [0.1, 0.15) is 5.56 Å². The van der Waals surface area contributed by atoms with Crippen molar-refractivity contribution in [3.8, 4) is 0 Å². The number of nitrogens with zero attached hydrogens (tertiary/aromatic N) is 3. The number of nitrogens with two attached hydrogens (primary N) is 1. The summed E-state index contributed by atoms with van der Waals surface area (Å²) in [4.78, 5) is 27.6. The number of carbonyl (C=O) groups excluding carboxylic acids is 1. The van der Waals surface area contributed by atoms with Gasteiger partial charge < -0.3 is 41.4 Å². The average molecular weight is 443 g/mol. The second-order valence-electron chi connectivity index (χ2n) is 7.56. The predicted molar refractivity (Wildman–Crippen MR) is 113 cm³/mol. The van der Waals surface area contributed by atoms with Crippen molar-refractivity contribution in [2.45, 2.75) is 43.0 Å². The van der Waals surface area contributed by atoms with Crippen molar-refractivity contribution >= 4 is 22.9 Å². The number of nitrogens with one attached hydrogen (secondary N) is 3. The molecular formula is C20H25N7O5. The fourth-order valence-electron chi connectivity index (χ4n) is 3.66. The number of anilines is 1. The van der Waals surface area contributed by atoms with Crippen molar-refractivity contribution in [2.75, 3.05) is 11.9 Å². The molecule has 1 fully saturated rings. The number of aliphatic hydroxyl groups excluding tert-OH is 3. The van der Waals surface area contributed by atoms with Gasteiger partial charge in [-0.3, -0.25) is 4.79 Å². The second kappa shape index (κ2) is 9.54. The van der Waals surface area contributed by atoms with Gasteiger partial charge in [-0.2, -0.15) is 0 Å². The molecule has 12 heteroatoms. The van der Waals surface area contributed by atoms with E-state index in [9.17, 15) is 20.1 Å². The topological polar surface area (TPSA) is 192 Å². The number of fused-ring (bicyclic) bond motifs is 1. The highest BCUT2D eigenvalue weighted by Crippen LogP contribution is 2.24. The van der Waals surface area contributed by atoms with Crippen molar-refractivity contribution < 1.29 is 24.9 Å². The van der Waals surface area contributed by atoms with E-state index in [2.05, 4.69) is 30.6 Å². The molecule has 32 heavy (non-hydrogen) atoms. The monoisotopic (exact) mass is 443 g/mol. The van der Waals surface area contributed by atoms with Crippen LogP contribution in [0, 0.1) is 0 Å². The summed E-state index contributed by atoms with van der Waals surface area (Å²) >= 11 is 0. The number of benzene rings is 1. The number of rotatable bonds is 7. The fourth-order valence-corrected chi connectivity index (χ4v) is 3.66. The summed E-state index contributed by atoms with van der Waals surface area (Å²) in [5, 5.41) is 36.6. The summed E-state index contributed by atoms with van der Waals surface area (Å²) in [5.74, 6) is -0.235. The van der Waals surface area contributed by atoms with Crippen LogP contribution in [0.2, 0.25) is 0 Å². The molecule has 1 amide bonds. The van der Waals surface area contributed by atoms with Gasteiger partial charge in [0, 0.05) is 0 Å². The number of aromatic nitrogens is 4. The van der Waals surface area contributed by atoms with Gasteiger partial charge in [-0.1, -0.05) is 30.3 Å². The van der Waals surface area contributed by atoms with Crippen LogP contribution in [-0.4, -0.2) is 84.4 Å². The van der Waals surface area contributed by atoms with Crippen molar-refractivity contribution in [3.63, 3.8) is 0 Å². The minimum Gasteiger partial charge on any atom is -0.394 e. The van der Waals surface area contributed by atoms with Crippen LogP contribution in [0.3, 0.4) is 0 Å². The number of amides is 1. The third-order valence-electron chi connectivity index (χ3n) is 5.38. The molecule has 0 bridgehead atoms. The number of imidazole rings is 1. The van der Waals surface area contributed by atoms with E-state index in [1.165, 1.54) is 12.7 Å². The molecule has 1 aromatic carbocycles. The van der Waals surface area contributed by atoms with Crippen molar-refractivity contribution in [2.24, 2.45) is 5.73 Å². The van der Waals surface area contributed by atoms with Gasteiger partial charge in [0.2, 0.25) is 5.91 Å². The quantitative estimate of drug-likeness (QED) is 0.220. The van der Waals surface area contributed by atoms with E-state index in [-0.39, 0.29) is 0 Å². The smallest absolute Gasteiger partial charge is 0.237 e. The summed E-state index contributed by atoms with van der Waals surface area (Å²) in [7, 11) is 0. The third kappa shape index (κ3) is 4.54. The Morgan fingerprint density at radius 1 is 1.19 bits per heavy atom. The maximum atomic E-state index is 12.6. The number of ether oxygens (including phenoxy) is 1. The lowest BCUT2D eigenvalue weighted by Crippen LogP contribution is -2.67. The van der Waals surface area contributed by atoms with E-state index < -0.39 is 49.1 Å². The van der Waals surface area contributed by atoms with Gasteiger partial charge in [0.25, 0.3) is 0 Å². The molecule has 1 saturated heterocycles. The normalized spacial score (nSPS) is 26.6. The molecule has 170 valence electrons. The molecule has 0 saturated carbocycles. The zero-order valence-electron chi connectivity index (χ0n) is 17.0. The second-order valence-corrected chi connectivity index (χ2v) is 7.56. The average Bonchev–Trinajstić information content (AvgIpc) is 3.29. The van der Waals surface area contributed by atoms with Gasteiger partial charge in [-0.05, 0) is 12.0 Å². The molecule has 3 heterocycles. The molecule has 12 nitrogen and oxygen atoms in total. The highest BCUT2D eigenvalue weighted by atomic mass is 16.5. The highest BCUT2D eigenvalue weighted by Gasteiger charge is 2.45. The van der Waals surface area contributed by atoms with E-state index in [4.69, 9.17) is 10.5 Å². The van der Waals surface area contributed by atoms with Crippen LogP contribution in [-0.2, 0) is 16.0 Å². The molecule has 4 rings (SSSR count). The van der Waals surface area contributed by atoms with Gasteiger partial charge in [0.05, 0.1) is 25.0 Å². The summed E-state index contributed by atoms with van der Waals surface area (Å²) in [5.41, 5.74) is 7.79. The number of aromatic amines is 1. The van der Waals surface area contributed by atoms with Gasteiger partial charge in [-0.25, -0.2) is 15.0 Å². The molecular weight excluding hydrogens is 418 g/mol. The Hall–Kier alpha value is -3.16. The lowest BCUT2D eigenvalue weighted by molar-refractivity contribution is -0.185.